The number of benzene rings is 1. The van der Waals surface area contributed by atoms with Crippen LogP contribution in [0.3, 0.4) is 0 Å². The molecule has 1 aliphatic carbocycles. The van der Waals surface area contributed by atoms with E-state index in [2.05, 4.69) is 10.3 Å². The first-order valence-electron chi connectivity index (χ1n) is 10.8. The van der Waals surface area contributed by atoms with Crippen LogP contribution in [0.5, 0.6) is 5.75 Å². The minimum Gasteiger partial charge on any atom is -0.489 e. The van der Waals surface area contributed by atoms with Crippen LogP contribution in [0.15, 0.2) is 27.9 Å². The first kappa shape index (κ1) is 23.4. The Balaban J connectivity index is 1.68. The SMILES string of the molecule is COc1c(C(=O)NCc2ccc(F)cc2S(=O)(=O)N(C)C)nc2n(c1=O)CCCC21CCC1. The van der Waals surface area contributed by atoms with Gasteiger partial charge in [0.2, 0.25) is 15.8 Å². The predicted octanol–water partition coefficient (Wildman–Crippen LogP) is 1.79. The van der Waals surface area contributed by atoms with Gasteiger partial charge in [-0.05, 0) is 43.4 Å². The number of halogens is 1. The van der Waals surface area contributed by atoms with Crippen LogP contribution in [0.25, 0.3) is 0 Å². The number of carbonyl (C=O) groups excluding carboxylic acids is 1. The molecule has 1 aromatic heterocycles. The first-order valence-corrected chi connectivity index (χ1v) is 12.2. The maximum atomic E-state index is 13.8. The van der Waals surface area contributed by atoms with Crippen LogP contribution in [-0.4, -0.2) is 49.4 Å². The average Bonchev–Trinajstić information content (AvgIpc) is 2.76. The number of nitrogens with one attached hydrogen (secondary N) is 1. The molecule has 178 valence electrons. The lowest BCUT2D eigenvalue weighted by atomic mass is 9.64. The zero-order valence-electron chi connectivity index (χ0n) is 18.9. The van der Waals surface area contributed by atoms with Crippen LogP contribution < -0.4 is 15.6 Å². The van der Waals surface area contributed by atoms with Gasteiger partial charge in [-0.15, -0.1) is 0 Å². The van der Waals surface area contributed by atoms with Gasteiger partial charge in [0.05, 0.1) is 12.0 Å². The summed E-state index contributed by atoms with van der Waals surface area (Å²) in [5, 5.41) is 2.62. The van der Waals surface area contributed by atoms with Crippen molar-refractivity contribution in [2.45, 2.75) is 55.5 Å². The number of ether oxygens (including phenoxy) is 1. The Kier molecular flexibility index (Phi) is 6.04. The lowest BCUT2D eigenvalue weighted by Crippen LogP contribution is -2.46. The molecular formula is C22H27FN4O5S. The van der Waals surface area contributed by atoms with Gasteiger partial charge in [0.1, 0.15) is 11.6 Å². The van der Waals surface area contributed by atoms with E-state index in [-0.39, 0.29) is 33.9 Å². The predicted molar refractivity (Wildman–Crippen MR) is 118 cm³/mol. The Morgan fingerprint density at radius 3 is 2.58 bits per heavy atom. The van der Waals surface area contributed by atoms with Crippen LogP contribution in [0.4, 0.5) is 4.39 Å². The van der Waals surface area contributed by atoms with Crippen LogP contribution in [0, 0.1) is 5.82 Å². The molecule has 2 heterocycles. The molecule has 0 radical (unpaired) electrons. The molecule has 2 aliphatic rings. The highest BCUT2D eigenvalue weighted by molar-refractivity contribution is 7.89. The number of aromatic nitrogens is 2. The van der Waals surface area contributed by atoms with Crippen molar-refractivity contribution in [3.05, 3.63) is 51.5 Å². The van der Waals surface area contributed by atoms with Crippen molar-refractivity contribution in [2.75, 3.05) is 21.2 Å². The van der Waals surface area contributed by atoms with Gasteiger partial charge in [-0.1, -0.05) is 12.5 Å². The Hall–Kier alpha value is -2.79. The zero-order chi connectivity index (χ0) is 24.0. The van der Waals surface area contributed by atoms with E-state index in [1.807, 2.05) is 0 Å². The minimum atomic E-state index is -3.94. The molecule has 4 rings (SSSR count). The summed E-state index contributed by atoms with van der Waals surface area (Å²) >= 11 is 0. The van der Waals surface area contributed by atoms with Gasteiger partial charge in [0.25, 0.3) is 11.5 Å². The van der Waals surface area contributed by atoms with E-state index in [1.165, 1.54) is 27.3 Å². The fraction of sp³-hybridized carbons (Fsp3) is 0.500. The van der Waals surface area contributed by atoms with Gasteiger partial charge >= 0.3 is 0 Å². The molecule has 9 nitrogen and oxygen atoms in total. The molecule has 1 fully saturated rings. The second-order valence-electron chi connectivity index (χ2n) is 8.73. The number of amides is 1. The number of nitrogens with zero attached hydrogens (tertiary/aromatic N) is 3. The molecule has 33 heavy (non-hydrogen) atoms. The number of fused-ring (bicyclic) bond motifs is 2. The molecule has 1 N–H and O–H groups in total. The molecule has 11 heteroatoms. The molecule has 1 amide bonds. The second-order valence-corrected chi connectivity index (χ2v) is 10.9. The van der Waals surface area contributed by atoms with Crippen molar-refractivity contribution in [3.8, 4) is 5.75 Å². The van der Waals surface area contributed by atoms with E-state index in [1.54, 1.807) is 4.57 Å². The third-order valence-electron chi connectivity index (χ3n) is 6.60. The topological polar surface area (TPSA) is 111 Å². The van der Waals surface area contributed by atoms with E-state index in [4.69, 9.17) is 4.74 Å². The zero-order valence-corrected chi connectivity index (χ0v) is 19.7. The number of methoxy groups -OCH3 is 1. The molecule has 1 spiro atoms. The third-order valence-corrected chi connectivity index (χ3v) is 8.49. The lowest BCUT2D eigenvalue weighted by molar-refractivity contribution is 0.0937. The summed E-state index contributed by atoms with van der Waals surface area (Å²) in [6.07, 6.45) is 4.70. The molecule has 0 bridgehead atoms. The minimum absolute atomic E-state index is 0.124. The Labute approximate surface area is 191 Å². The smallest absolute Gasteiger partial charge is 0.296 e. The summed E-state index contributed by atoms with van der Waals surface area (Å²) in [4.78, 5) is 30.5. The van der Waals surface area contributed by atoms with Gasteiger partial charge in [-0.25, -0.2) is 22.1 Å². The highest BCUT2D eigenvalue weighted by Gasteiger charge is 2.45. The maximum absolute atomic E-state index is 13.8. The molecule has 0 atom stereocenters. The monoisotopic (exact) mass is 478 g/mol. The van der Waals surface area contributed by atoms with Crippen LogP contribution in [-0.2, 0) is 28.5 Å². The quantitative estimate of drug-likeness (QED) is 0.678. The molecule has 1 saturated carbocycles. The van der Waals surface area contributed by atoms with E-state index < -0.39 is 27.3 Å². The third kappa shape index (κ3) is 3.93. The van der Waals surface area contributed by atoms with Gasteiger partial charge in [0.15, 0.2) is 5.69 Å². The van der Waals surface area contributed by atoms with Gasteiger partial charge < -0.3 is 10.1 Å². The van der Waals surface area contributed by atoms with Crippen molar-refractivity contribution >= 4 is 15.9 Å². The van der Waals surface area contributed by atoms with E-state index >= 15 is 0 Å². The molecule has 0 unspecified atom stereocenters. The number of carbonyl (C=O) groups is 1. The first-order chi connectivity index (χ1) is 15.6. The number of rotatable bonds is 6. The summed E-state index contributed by atoms with van der Waals surface area (Å²) in [5.41, 5.74) is -0.484. The summed E-state index contributed by atoms with van der Waals surface area (Å²) in [6.45, 7) is 0.332. The van der Waals surface area contributed by atoms with E-state index in [9.17, 15) is 22.4 Å². The Bertz CT molecular complexity index is 1270. The van der Waals surface area contributed by atoms with Gasteiger partial charge in [0, 0.05) is 32.6 Å². The van der Waals surface area contributed by atoms with Crippen molar-refractivity contribution in [2.24, 2.45) is 0 Å². The van der Waals surface area contributed by atoms with Gasteiger partial charge in [-0.2, -0.15) is 0 Å². The van der Waals surface area contributed by atoms with Crippen molar-refractivity contribution in [1.29, 1.82) is 0 Å². The number of hydrogen-bond donors (Lipinski definition) is 1. The molecule has 1 aromatic carbocycles. The Morgan fingerprint density at radius 2 is 1.97 bits per heavy atom. The molecule has 2 aromatic rings. The Morgan fingerprint density at radius 1 is 1.27 bits per heavy atom. The van der Waals surface area contributed by atoms with E-state index in [0.717, 1.165) is 48.5 Å². The van der Waals surface area contributed by atoms with Gasteiger partial charge in [-0.3, -0.25) is 14.2 Å². The normalized spacial score (nSPS) is 16.9. The standard InChI is InChI=1S/C22H27FN4O5S/c1-26(2)33(30,31)16-12-15(23)7-6-14(16)13-24-19(28)17-18(32-3)20(29)27-11-5-10-22(8-4-9-22)21(27)25-17/h6-7,12H,4-5,8-11,13H2,1-3H3,(H,24,28). The summed E-state index contributed by atoms with van der Waals surface area (Å²) in [5.74, 6) is -0.895. The molecule has 1 aliphatic heterocycles. The largest absolute Gasteiger partial charge is 0.489 e. The fourth-order valence-corrected chi connectivity index (χ4v) is 5.75. The highest BCUT2D eigenvalue weighted by Crippen LogP contribution is 2.48. The maximum Gasteiger partial charge on any atom is 0.296 e. The van der Waals surface area contributed by atoms with Crippen molar-refractivity contribution in [3.63, 3.8) is 0 Å². The lowest BCUT2D eigenvalue weighted by Gasteiger charge is -2.45. The number of hydrogen-bond acceptors (Lipinski definition) is 6. The highest BCUT2D eigenvalue weighted by atomic mass is 32.2. The van der Waals surface area contributed by atoms with Crippen molar-refractivity contribution in [1.82, 2.24) is 19.2 Å². The fourth-order valence-electron chi connectivity index (χ4n) is 4.62. The average molecular weight is 479 g/mol. The molecular weight excluding hydrogens is 451 g/mol. The summed E-state index contributed by atoms with van der Waals surface area (Å²) in [6, 6.07) is 3.35. The van der Waals surface area contributed by atoms with Crippen molar-refractivity contribution < 1.29 is 22.3 Å². The summed E-state index contributed by atoms with van der Waals surface area (Å²) < 4.78 is 46.8. The summed E-state index contributed by atoms with van der Waals surface area (Å²) in [7, 11) is 0.0573. The molecule has 0 saturated heterocycles. The number of sulfonamides is 1. The van der Waals surface area contributed by atoms with E-state index in [0.29, 0.717) is 12.4 Å². The second kappa shape index (κ2) is 8.53. The van der Waals surface area contributed by atoms with Crippen LogP contribution in [0.1, 0.15) is 54.0 Å². The van der Waals surface area contributed by atoms with Crippen LogP contribution in [0.2, 0.25) is 0 Å². The van der Waals surface area contributed by atoms with Crippen LogP contribution >= 0.6 is 0 Å².